The molecular weight excluding hydrogens is 318 g/mol. The second-order valence-electron chi connectivity index (χ2n) is 7.01. The lowest BCUT2D eigenvalue weighted by atomic mass is 10.0. The van der Waals surface area contributed by atoms with Crippen molar-refractivity contribution in [2.75, 3.05) is 39.1 Å². The quantitative estimate of drug-likeness (QED) is 0.854. The zero-order valence-corrected chi connectivity index (χ0v) is 14.9. The van der Waals surface area contributed by atoms with Crippen LogP contribution in [0.3, 0.4) is 0 Å². The summed E-state index contributed by atoms with van der Waals surface area (Å²) in [5.41, 5.74) is 4.77. The zero-order chi connectivity index (χ0) is 17.6. The minimum Gasteiger partial charge on any atom is -0.362 e. The Morgan fingerprint density at radius 3 is 2.80 bits per heavy atom. The van der Waals surface area contributed by atoms with Gasteiger partial charge >= 0.3 is 0 Å². The molecule has 1 N–H and O–H groups in total. The molecule has 0 aliphatic carbocycles. The third-order valence-electron chi connectivity index (χ3n) is 5.02. The molecule has 0 radical (unpaired) electrons. The van der Waals surface area contributed by atoms with E-state index in [4.69, 9.17) is 0 Å². The summed E-state index contributed by atoms with van der Waals surface area (Å²) in [6.07, 6.45) is 3.25. The first-order valence-corrected chi connectivity index (χ1v) is 8.58. The van der Waals surface area contributed by atoms with E-state index in [0.717, 1.165) is 54.3 Å². The van der Waals surface area contributed by atoms with Crippen molar-refractivity contribution in [1.29, 1.82) is 0 Å². The third kappa shape index (κ3) is 2.76. The number of amides is 1. The van der Waals surface area contributed by atoms with Crippen molar-refractivity contribution in [2.45, 2.75) is 25.9 Å². The number of fused-ring (bicyclic) bond motifs is 2. The molecule has 0 saturated carbocycles. The standard InChI is InChI=1S/C17H23N7O/c1-22(2)16-11-4-7-24(9-14(11)18-10-19-16)17(25)15-12-8-23(3)6-5-13(12)20-21-15/h10H,4-9H2,1-3H3,(H,20,21). The predicted molar refractivity (Wildman–Crippen MR) is 93.4 cm³/mol. The molecule has 0 unspecified atom stereocenters. The van der Waals surface area contributed by atoms with E-state index in [1.54, 1.807) is 6.33 Å². The number of aromatic amines is 1. The molecule has 132 valence electrons. The molecule has 0 spiro atoms. The smallest absolute Gasteiger partial charge is 0.275 e. The average Bonchev–Trinajstić information content (AvgIpc) is 3.02. The number of hydrogen-bond donors (Lipinski definition) is 1. The minimum absolute atomic E-state index is 0.0107. The molecular formula is C17H23N7O. The summed E-state index contributed by atoms with van der Waals surface area (Å²) in [6, 6.07) is 0. The molecule has 1 amide bonds. The lowest BCUT2D eigenvalue weighted by Gasteiger charge is -2.30. The number of aromatic nitrogens is 4. The van der Waals surface area contributed by atoms with Crippen LogP contribution >= 0.6 is 0 Å². The van der Waals surface area contributed by atoms with Gasteiger partial charge in [0.05, 0.1) is 12.2 Å². The van der Waals surface area contributed by atoms with E-state index in [2.05, 4.69) is 32.1 Å². The highest BCUT2D eigenvalue weighted by Crippen LogP contribution is 2.26. The lowest BCUT2D eigenvalue weighted by molar-refractivity contribution is 0.0723. The molecule has 4 rings (SSSR count). The summed E-state index contributed by atoms with van der Waals surface area (Å²) in [4.78, 5) is 27.9. The number of hydrogen-bond acceptors (Lipinski definition) is 6. The number of anilines is 1. The van der Waals surface area contributed by atoms with Crippen LogP contribution in [0.4, 0.5) is 5.82 Å². The Morgan fingerprint density at radius 1 is 1.16 bits per heavy atom. The summed E-state index contributed by atoms with van der Waals surface area (Å²) in [6.45, 7) is 2.93. The highest BCUT2D eigenvalue weighted by atomic mass is 16.2. The van der Waals surface area contributed by atoms with Crippen LogP contribution in [0.2, 0.25) is 0 Å². The van der Waals surface area contributed by atoms with Crippen molar-refractivity contribution in [3.63, 3.8) is 0 Å². The fraction of sp³-hybridized carbons (Fsp3) is 0.529. The Balaban J connectivity index is 1.59. The Morgan fingerprint density at radius 2 is 2.00 bits per heavy atom. The van der Waals surface area contributed by atoms with Crippen molar-refractivity contribution in [2.24, 2.45) is 0 Å². The first-order valence-electron chi connectivity index (χ1n) is 8.58. The first-order chi connectivity index (χ1) is 12.0. The van der Waals surface area contributed by atoms with Crippen LogP contribution in [0.25, 0.3) is 0 Å². The molecule has 0 bridgehead atoms. The lowest BCUT2D eigenvalue weighted by Crippen LogP contribution is -2.38. The van der Waals surface area contributed by atoms with Crippen LogP contribution in [0.15, 0.2) is 6.33 Å². The maximum absolute atomic E-state index is 13.0. The summed E-state index contributed by atoms with van der Waals surface area (Å²) >= 11 is 0. The SMILES string of the molecule is CN1CCc2[nH]nc(C(=O)N3CCc4c(ncnc4N(C)C)C3)c2C1. The van der Waals surface area contributed by atoms with Crippen LogP contribution < -0.4 is 4.90 Å². The number of carbonyl (C=O) groups excluding carboxylic acids is 1. The van der Waals surface area contributed by atoms with E-state index in [1.165, 1.54) is 0 Å². The second-order valence-corrected chi connectivity index (χ2v) is 7.01. The van der Waals surface area contributed by atoms with E-state index in [9.17, 15) is 4.79 Å². The molecule has 8 nitrogen and oxygen atoms in total. The van der Waals surface area contributed by atoms with E-state index in [1.807, 2.05) is 23.9 Å². The average molecular weight is 341 g/mol. The molecule has 2 aliphatic rings. The van der Waals surface area contributed by atoms with E-state index < -0.39 is 0 Å². The molecule has 25 heavy (non-hydrogen) atoms. The Bertz CT molecular complexity index is 813. The van der Waals surface area contributed by atoms with Gasteiger partial charge in [0.25, 0.3) is 5.91 Å². The molecule has 8 heteroatoms. The summed E-state index contributed by atoms with van der Waals surface area (Å²) in [5.74, 6) is 0.930. The topological polar surface area (TPSA) is 81.2 Å². The maximum Gasteiger partial charge on any atom is 0.275 e. The van der Waals surface area contributed by atoms with E-state index in [-0.39, 0.29) is 5.91 Å². The largest absolute Gasteiger partial charge is 0.362 e. The van der Waals surface area contributed by atoms with Gasteiger partial charge in [0.2, 0.25) is 0 Å². The number of H-pyrrole nitrogens is 1. The van der Waals surface area contributed by atoms with Gasteiger partial charge in [0.15, 0.2) is 5.69 Å². The maximum atomic E-state index is 13.0. The number of likely N-dealkylation sites (N-methyl/N-ethyl adjacent to an activating group) is 1. The van der Waals surface area contributed by atoms with Crippen molar-refractivity contribution in [3.05, 3.63) is 34.5 Å². The normalized spacial score (nSPS) is 17.2. The van der Waals surface area contributed by atoms with Gasteiger partial charge in [-0.15, -0.1) is 0 Å². The third-order valence-corrected chi connectivity index (χ3v) is 5.02. The van der Waals surface area contributed by atoms with Gasteiger partial charge < -0.3 is 14.7 Å². The Hall–Kier alpha value is -2.48. The minimum atomic E-state index is -0.0107. The molecule has 0 fully saturated rings. The molecule has 0 saturated heterocycles. The Kier molecular flexibility index (Phi) is 3.91. The predicted octanol–water partition coefficient (Wildman–Crippen LogP) is 0.452. The first kappa shape index (κ1) is 16.0. The number of rotatable bonds is 2. The Labute approximate surface area is 146 Å². The fourth-order valence-electron chi connectivity index (χ4n) is 3.65. The monoisotopic (exact) mass is 341 g/mol. The fourth-order valence-corrected chi connectivity index (χ4v) is 3.65. The molecule has 2 aromatic rings. The summed E-state index contributed by atoms with van der Waals surface area (Å²) < 4.78 is 0. The van der Waals surface area contributed by atoms with Crippen LogP contribution in [-0.2, 0) is 25.9 Å². The van der Waals surface area contributed by atoms with Crippen LogP contribution in [0, 0.1) is 0 Å². The highest BCUT2D eigenvalue weighted by molar-refractivity contribution is 5.94. The van der Waals surface area contributed by atoms with Crippen molar-refractivity contribution < 1.29 is 4.79 Å². The van der Waals surface area contributed by atoms with Gasteiger partial charge in [0.1, 0.15) is 12.1 Å². The van der Waals surface area contributed by atoms with Gasteiger partial charge in [-0.25, -0.2) is 9.97 Å². The van der Waals surface area contributed by atoms with Gasteiger partial charge in [-0.1, -0.05) is 0 Å². The summed E-state index contributed by atoms with van der Waals surface area (Å²) in [7, 11) is 6.03. The zero-order valence-electron chi connectivity index (χ0n) is 14.9. The second kappa shape index (κ2) is 6.11. The van der Waals surface area contributed by atoms with Crippen LogP contribution in [0.1, 0.15) is 33.0 Å². The van der Waals surface area contributed by atoms with Crippen molar-refractivity contribution in [1.82, 2.24) is 30.0 Å². The highest BCUT2D eigenvalue weighted by Gasteiger charge is 2.30. The van der Waals surface area contributed by atoms with Gasteiger partial charge in [0, 0.05) is 57.0 Å². The number of carbonyl (C=O) groups is 1. The van der Waals surface area contributed by atoms with Gasteiger partial charge in [-0.2, -0.15) is 5.10 Å². The van der Waals surface area contributed by atoms with E-state index in [0.29, 0.717) is 18.8 Å². The molecule has 0 aromatic carbocycles. The van der Waals surface area contributed by atoms with Gasteiger partial charge in [-0.05, 0) is 13.5 Å². The summed E-state index contributed by atoms with van der Waals surface area (Å²) in [5, 5.41) is 7.38. The van der Waals surface area contributed by atoms with Crippen LogP contribution in [-0.4, -0.2) is 70.1 Å². The molecule has 0 atom stereocenters. The molecule has 2 aliphatic heterocycles. The number of nitrogens with zero attached hydrogens (tertiary/aromatic N) is 6. The van der Waals surface area contributed by atoms with Crippen LogP contribution in [0.5, 0.6) is 0 Å². The molecule has 2 aromatic heterocycles. The van der Waals surface area contributed by atoms with Crippen molar-refractivity contribution >= 4 is 11.7 Å². The van der Waals surface area contributed by atoms with E-state index >= 15 is 0 Å². The van der Waals surface area contributed by atoms with Crippen molar-refractivity contribution in [3.8, 4) is 0 Å². The number of nitrogens with one attached hydrogen (secondary N) is 1. The van der Waals surface area contributed by atoms with Gasteiger partial charge in [-0.3, -0.25) is 9.89 Å². The molecule has 4 heterocycles.